The van der Waals surface area contributed by atoms with Gasteiger partial charge >= 0.3 is 0 Å². The predicted molar refractivity (Wildman–Crippen MR) is 179 cm³/mol. The van der Waals surface area contributed by atoms with Gasteiger partial charge < -0.3 is 0 Å². The van der Waals surface area contributed by atoms with Gasteiger partial charge in [0.25, 0.3) is 0 Å². The highest BCUT2D eigenvalue weighted by Crippen LogP contribution is 2.66. The first-order valence-electron chi connectivity index (χ1n) is 16.5. The van der Waals surface area contributed by atoms with Crippen molar-refractivity contribution >= 4 is 5.57 Å². The van der Waals surface area contributed by atoms with E-state index >= 15 is 0 Å². The number of allylic oxidation sites excluding steroid dienone is 10. The molecule has 0 aromatic heterocycles. The summed E-state index contributed by atoms with van der Waals surface area (Å²) in [6, 6.07) is 31.0. The van der Waals surface area contributed by atoms with Crippen molar-refractivity contribution in [3.63, 3.8) is 0 Å². The van der Waals surface area contributed by atoms with Crippen molar-refractivity contribution in [3.8, 4) is 0 Å². The second-order valence-corrected chi connectivity index (χ2v) is 13.2. The molecule has 0 amide bonds. The predicted octanol–water partition coefficient (Wildman–Crippen LogP) is 8.47. The number of nitrogens with one attached hydrogen (secondary N) is 3. The average molecular weight is 574 g/mol. The number of rotatable bonds is 3. The van der Waals surface area contributed by atoms with Crippen LogP contribution in [0.2, 0.25) is 0 Å². The van der Waals surface area contributed by atoms with Crippen LogP contribution in [0.4, 0.5) is 0 Å². The first-order valence-corrected chi connectivity index (χ1v) is 16.5. The molecular weight excluding hydrogens is 534 g/mol. The van der Waals surface area contributed by atoms with Crippen LogP contribution in [0.5, 0.6) is 0 Å². The van der Waals surface area contributed by atoms with Crippen molar-refractivity contribution in [2.45, 2.75) is 62.9 Å². The molecule has 1 heterocycles. The van der Waals surface area contributed by atoms with Crippen LogP contribution in [-0.4, -0.2) is 6.17 Å². The molecule has 4 atom stereocenters. The molecule has 218 valence electrons. The Hall–Kier alpha value is -4.02. The van der Waals surface area contributed by atoms with Crippen molar-refractivity contribution in [3.05, 3.63) is 171 Å². The molecule has 0 bridgehead atoms. The molecule has 1 aliphatic heterocycles. The van der Waals surface area contributed by atoms with E-state index in [0.717, 1.165) is 32.1 Å². The van der Waals surface area contributed by atoms with Crippen molar-refractivity contribution in [2.24, 2.45) is 5.92 Å². The molecule has 1 saturated heterocycles. The Morgan fingerprint density at radius 1 is 0.659 bits per heavy atom. The van der Waals surface area contributed by atoms with E-state index < -0.39 is 0 Å². The quantitative estimate of drug-likeness (QED) is 0.294. The standard InChI is InChI=1S/C41H39N3/c1-26-14-12-24-34-36(26)29-19-8-10-22-32(29)41(34)33-23-11-9-20-30(33)37-31(21-13-25-35(37)41)40-43-38(27-15-4-2-5-16-27)42-39(44-40)28-17-6-3-7-18-28/h2-10,12,15-22,24,26,38-40,42-44H,11,13-14,23,25H2,1H3. The van der Waals surface area contributed by atoms with Crippen LogP contribution in [0, 0.1) is 5.92 Å². The highest BCUT2D eigenvalue weighted by atomic mass is 15.4. The molecule has 1 fully saturated rings. The third kappa shape index (κ3) is 3.73. The van der Waals surface area contributed by atoms with Gasteiger partial charge in [0.05, 0.1) is 23.9 Å². The summed E-state index contributed by atoms with van der Waals surface area (Å²) in [6.07, 6.45) is 17.9. The van der Waals surface area contributed by atoms with Gasteiger partial charge in [0, 0.05) is 0 Å². The van der Waals surface area contributed by atoms with Crippen molar-refractivity contribution in [1.29, 1.82) is 0 Å². The SMILES string of the molecule is CC1CC=CC2=C1c1ccccc1C21C2=C(C=CCC2)C2=C1CCC=C2C1NC(c2ccccc2)NC(c2ccccc2)N1. The molecule has 1 spiro atoms. The van der Waals surface area contributed by atoms with Crippen LogP contribution in [0.15, 0.2) is 149 Å². The summed E-state index contributed by atoms with van der Waals surface area (Å²) in [5.74, 6) is 0.535. The fourth-order valence-corrected chi connectivity index (χ4v) is 9.14. The van der Waals surface area contributed by atoms with Gasteiger partial charge in [0.1, 0.15) is 0 Å². The fourth-order valence-electron chi connectivity index (χ4n) is 9.14. The Labute approximate surface area is 260 Å². The number of fused-ring (bicyclic) bond motifs is 7. The van der Waals surface area contributed by atoms with Gasteiger partial charge in [-0.1, -0.05) is 122 Å². The van der Waals surface area contributed by atoms with Crippen LogP contribution in [0.3, 0.4) is 0 Å². The Morgan fingerprint density at radius 3 is 2.07 bits per heavy atom. The van der Waals surface area contributed by atoms with Gasteiger partial charge in [0.15, 0.2) is 0 Å². The van der Waals surface area contributed by atoms with Crippen LogP contribution in [-0.2, 0) is 5.41 Å². The minimum absolute atomic E-state index is 0.00195. The molecule has 3 aromatic rings. The maximum atomic E-state index is 4.01. The van der Waals surface area contributed by atoms with E-state index in [2.05, 4.69) is 138 Å². The Balaban J connectivity index is 1.22. The smallest absolute Gasteiger partial charge is 0.0867 e. The van der Waals surface area contributed by atoms with Crippen LogP contribution < -0.4 is 16.0 Å². The molecule has 3 heteroatoms. The third-order valence-electron chi connectivity index (χ3n) is 10.9. The summed E-state index contributed by atoms with van der Waals surface area (Å²) in [4.78, 5) is 0. The highest BCUT2D eigenvalue weighted by Gasteiger charge is 2.56. The van der Waals surface area contributed by atoms with E-state index in [1.165, 1.54) is 39.0 Å². The van der Waals surface area contributed by atoms with E-state index in [0.29, 0.717) is 5.92 Å². The summed E-state index contributed by atoms with van der Waals surface area (Å²) in [5.41, 5.74) is 16.1. The second-order valence-electron chi connectivity index (χ2n) is 13.2. The molecule has 4 unspecified atom stereocenters. The van der Waals surface area contributed by atoms with Gasteiger partial charge in [-0.3, -0.25) is 16.0 Å². The zero-order chi connectivity index (χ0) is 29.3. The minimum Gasteiger partial charge on any atom is -0.279 e. The Kier molecular flexibility index (Phi) is 6.16. The van der Waals surface area contributed by atoms with Crippen LogP contribution >= 0.6 is 0 Å². The lowest BCUT2D eigenvalue weighted by atomic mass is 9.64. The van der Waals surface area contributed by atoms with E-state index in [9.17, 15) is 0 Å². The van der Waals surface area contributed by atoms with Crippen molar-refractivity contribution in [2.75, 3.05) is 0 Å². The first kappa shape index (κ1) is 26.4. The fraction of sp³-hybridized carbons (Fsp3) is 0.268. The molecule has 44 heavy (non-hydrogen) atoms. The summed E-state index contributed by atoms with van der Waals surface area (Å²) in [7, 11) is 0. The Bertz CT molecular complexity index is 1790. The largest absolute Gasteiger partial charge is 0.279 e. The third-order valence-corrected chi connectivity index (χ3v) is 10.9. The van der Waals surface area contributed by atoms with E-state index in [1.807, 2.05) is 0 Å². The summed E-state index contributed by atoms with van der Waals surface area (Å²) in [6.45, 7) is 2.43. The van der Waals surface area contributed by atoms with E-state index in [1.54, 1.807) is 22.3 Å². The van der Waals surface area contributed by atoms with Gasteiger partial charge in [0.2, 0.25) is 0 Å². The number of hydrogen-bond acceptors (Lipinski definition) is 3. The molecular formula is C41H39N3. The zero-order valence-corrected chi connectivity index (χ0v) is 25.3. The molecule has 3 aromatic carbocycles. The highest BCUT2D eigenvalue weighted by molar-refractivity contribution is 5.92. The monoisotopic (exact) mass is 573 g/mol. The van der Waals surface area contributed by atoms with Gasteiger partial charge in [-0.25, -0.2) is 0 Å². The molecule has 0 saturated carbocycles. The van der Waals surface area contributed by atoms with E-state index in [4.69, 9.17) is 0 Å². The lowest BCUT2D eigenvalue weighted by Gasteiger charge is -2.42. The molecule has 5 aliphatic carbocycles. The summed E-state index contributed by atoms with van der Waals surface area (Å²) in [5, 5.41) is 11.9. The van der Waals surface area contributed by atoms with Crippen LogP contribution in [0.25, 0.3) is 5.57 Å². The molecule has 0 radical (unpaired) electrons. The van der Waals surface area contributed by atoms with Crippen LogP contribution in [0.1, 0.15) is 73.6 Å². The second kappa shape index (κ2) is 10.3. The van der Waals surface area contributed by atoms with Gasteiger partial charge in [-0.2, -0.15) is 0 Å². The maximum absolute atomic E-state index is 4.01. The molecule has 3 N–H and O–H groups in total. The average Bonchev–Trinajstić information content (AvgIpc) is 3.57. The van der Waals surface area contributed by atoms with Crippen molar-refractivity contribution < 1.29 is 0 Å². The molecule has 9 rings (SSSR count). The van der Waals surface area contributed by atoms with Crippen molar-refractivity contribution in [1.82, 2.24) is 16.0 Å². The normalized spacial score (nSPS) is 30.3. The number of benzene rings is 3. The van der Waals surface area contributed by atoms with E-state index in [-0.39, 0.29) is 23.9 Å². The topological polar surface area (TPSA) is 36.1 Å². The molecule has 3 nitrogen and oxygen atoms in total. The zero-order valence-electron chi connectivity index (χ0n) is 25.3. The number of hydrogen-bond donors (Lipinski definition) is 3. The first-order chi connectivity index (χ1) is 21.7. The molecule has 6 aliphatic rings. The minimum atomic E-state index is -0.142. The Morgan fingerprint density at radius 2 is 1.32 bits per heavy atom. The lowest BCUT2D eigenvalue weighted by Crippen LogP contribution is -2.60. The summed E-state index contributed by atoms with van der Waals surface area (Å²) < 4.78 is 0. The van der Waals surface area contributed by atoms with Gasteiger partial charge in [-0.15, -0.1) is 0 Å². The lowest BCUT2D eigenvalue weighted by molar-refractivity contribution is 0.223. The summed E-state index contributed by atoms with van der Waals surface area (Å²) >= 11 is 0. The van der Waals surface area contributed by atoms with Gasteiger partial charge in [-0.05, 0) is 99.3 Å². The maximum Gasteiger partial charge on any atom is 0.0867 e.